The number of hydrogen-bond acceptors (Lipinski definition) is 4. The zero-order valence-corrected chi connectivity index (χ0v) is 19.6. The Labute approximate surface area is 184 Å². The number of nitrogens with one attached hydrogen (secondary N) is 2. The second-order valence-electron chi connectivity index (χ2n) is 7.99. The molecule has 156 valence electrons. The van der Waals surface area contributed by atoms with Crippen molar-refractivity contribution in [1.29, 1.82) is 0 Å². The fraction of sp³-hybridized carbons (Fsp3) is 0.895. The molecule has 27 heavy (non-hydrogen) atoms. The van der Waals surface area contributed by atoms with Crippen LogP contribution in [0.3, 0.4) is 0 Å². The maximum Gasteiger partial charge on any atom is 0.225 e. The molecule has 3 N–H and O–H groups in total. The van der Waals surface area contributed by atoms with Gasteiger partial charge in [0.05, 0.1) is 5.60 Å². The molecule has 1 heterocycles. The number of hydrogen-bond donors (Lipinski definition) is 3. The first kappa shape index (κ1) is 23.1. The predicted molar refractivity (Wildman–Crippen MR) is 123 cm³/mol. The summed E-state index contributed by atoms with van der Waals surface area (Å²) in [7, 11) is 1.78. The van der Waals surface area contributed by atoms with Gasteiger partial charge in [-0.05, 0) is 38.5 Å². The molecule has 2 saturated carbocycles. The van der Waals surface area contributed by atoms with Crippen molar-refractivity contribution >= 4 is 47.6 Å². The second kappa shape index (κ2) is 11.1. The number of aliphatic hydroxyl groups is 1. The topological polar surface area (TPSA) is 77.0 Å². The normalized spacial score (nSPS) is 28.4. The Morgan fingerprint density at radius 2 is 1.81 bits per heavy atom. The van der Waals surface area contributed by atoms with Crippen LogP contribution >= 0.6 is 35.7 Å². The molecule has 0 aromatic heterocycles. The Morgan fingerprint density at radius 1 is 1.19 bits per heavy atom. The summed E-state index contributed by atoms with van der Waals surface area (Å²) < 4.78 is 0. The third kappa shape index (κ3) is 6.66. The molecule has 1 amide bonds. The summed E-state index contributed by atoms with van der Waals surface area (Å²) >= 11 is 1.94. The molecule has 1 aliphatic heterocycles. The maximum absolute atomic E-state index is 12.7. The summed E-state index contributed by atoms with van der Waals surface area (Å²) in [5.74, 6) is 3.50. The first-order valence-electron chi connectivity index (χ1n) is 10.2. The van der Waals surface area contributed by atoms with Crippen LogP contribution in [0.5, 0.6) is 0 Å². The molecular formula is C19H35IN4O2S. The molecule has 0 spiro atoms. The third-order valence-electron chi connectivity index (χ3n) is 6.08. The van der Waals surface area contributed by atoms with Crippen molar-refractivity contribution in [3.8, 4) is 0 Å². The van der Waals surface area contributed by atoms with Gasteiger partial charge in [-0.2, -0.15) is 11.8 Å². The first-order valence-corrected chi connectivity index (χ1v) is 11.3. The van der Waals surface area contributed by atoms with Crippen molar-refractivity contribution in [1.82, 2.24) is 15.5 Å². The lowest BCUT2D eigenvalue weighted by Crippen LogP contribution is -2.50. The van der Waals surface area contributed by atoms with Gasteiger partial charge >= 0.3 is 0 Å². The number of thioether (sulfide) groups is 1. The Kier molecular flexibility index (Phi) is 9.47. The number of carbonyl (C=O) groups is 1. The van der Waals surface area contributed by atoms with Gasteiger partial charge in [-0.1, -0.05) is 12.8 Å². The van der Waals surface area contributed by atoms with Crippen LogP contribution < -0.4 is 10.6 Å². The number of guanidine groups is 1. The molecule has 0 bridgehead atoms. The van der Waals surface area contributed by atoms with Crippen LogP contribution in [0, 0.1) is 5.92 Å². The Bertz CT molecular complexity index is 500. The standard InChI is InChI=1S/C19H34N4O2S.HI/c1-20-18(21-14-19(25)8-2-3-9-19)22-16-6-4-15(5-7-16)17(24)23-10-12-26-13-11-23;/h15-16,25H,2-14H2,1H3,(H2,20,21,22);1H. The molecule has 3 rings (SSSR count). The summed E-state index contributed by atoms with van der Waals surface area (Å²) in [5.41, 5.74) is -0.575. The zero-order chi connectivity index (χ0) is 18.4. The van der Waals surface area contributed by atoms with Crippen molar-refractivity contribution in [3.05, 3.63) is 0 Å². The smallest absolute Gasteiger partial charge is 0.225 e. The van der Waals surface area contributed by atoms with E-state index in [1.807, 2.05) is 11.8 Å². The van der Waals surface area contributed by atoms with E-state index in [0.29, 0.717) is 18.5 Å². The summed E-state index contributed by atoms with van der Waals surface area (Å²) in [6.45, 7) is 2.40. The summed E-state index contributed by atoms with van der Waals surface area (Å²) in [4.78, 5) is 19.0. The molecular weight excluding hydrogens is 475 g/mol. The lowest BCUT2D eigenvalue weighted by Gasteiger charge is -2.34. The molecule has 0 radical (unpaired) electrons. The number of rotatable bonds is 4. The van der Waals surface area contributed by atoms with Crippen molar-refractivity contribution < 1.29 is 9.90 Å². The highest BCUT2D eigenvalue weighted by molar-refractivity contribution is 14.0. The molecule has 0 aromatic carbocycles. The van der Waals surface area contributed by atoms with E-state index >= 15 is 0 Å². The van der Waals surface area contributed by atoms with Crippen LogP contribution in [0.25, 0.3) is 0 Å². The van der Waals surface area contributed by atoms with Crippen LogP contribution in [0.2, 0.25) is 0 Å². The lowest BCUT2D eigenvalue weighted by atomic mass is 9.85. The summed E-state index contributed by atoms with van der Waals surface area (Å²) in [6.07, 6.45) is 7.89. The van der Waals surface area contributed by atoms with Crippen molar-refractivity contribution in [3.63, 3.8) is 0 Å². The minimum atomic E-state index is -0.575. The molecule has 3 fully saturated rings. The Morgan fingerprint density at radius 3 is 2.41 bits per heavy atom. The largest absolute Gasteiger partial charge is 0.388 e. The van der Waals surface area contributed by atoms with E-state index < -0.39 is 5.60 Å². The van der Waals surface area contributed by atoms with E-state index in [1.54, 1.807) is 7.05 Å². The van der Waals surface area contributed by atoms with E-state index in [-0.39, 0.29) is 29.9 Å². The summed E-state index contributed by atoms with van der Waals surface area (Å²) in [6, 6.07) is 0.361. The Balaban J connectivity index is 0.00000261. The van der Waals surface area contributed by atoms with Crippen molar-refractivity contribution in [2.24, 2.45) is 10.9 Å². The van der Waals surface area contributed by atoms with Gasteiger partial charge in [0.1, 0.15) is 0 Å². The lowest BCUT2D eigenvalue weighted by molar-refractivity contribution is -0.136. The molecule has 3 aliphatic rings. The van der Waals surface area contributed by atoms with Crippen LogP contribution in [-0.4, -0.2) is 71.7 Å². The average molecular weight is 510 g/mol. The Hall–Kier alpha value is -0.220. The third-order valence-corrected chi connectivity index (χ3v) is 7.03. The SMILES string of the molecule is CN=C(NCC1(O)CCCC1)NC1CCC(C(=O)N2CCSCC2)CC1.I. The maximum atomic E-state index is 12.7. The van der Waals surface area contributed by atoms with Gasteiger partial charge in [0.25, 0.3) is 0 Å². The number of carbonyl (C=O) groups excluding carboxylic acids is 1. The van der Waals surface area contributed by atoms with E-state index in [2.05, 4.69) is 20.5 Å². The fourth-order valence-electron chi connectivity index (χ4n) is 4.37. The molecule has 6 nitrogen and oxygen atoms in total. The summed E-state index contributed by atoms with van der Waals surface area (Å²) in [5, 5.41) is 17.3. The number of aliphatic imine (C=N–C) groups is 1. The molecule has 0 aromatic rings. The van der Waals surface area contributed by atoms with E-state index in [0.717, 1.165) is 81.9 Å². The van der Waals surface area contributed by atoms with Crippen molar-refractivity contribution in [2.45, 2.75) is 63.0 Å². The molecule has 0 unspecified atom stereocenters. The molecule has 8 heteroatoms. The van der Waals surface area contributed by atoms with E-state index in [9.17, 15) is 9.90 Å². The van der Waals surface area contributed by atoms with Gasteiger partial charge in [-0.15, -0.1) is 24.0 Å². The fourth-order valence-corrected chi connectivity index (χ4v) is 5.28. The van der Waals surface area contributed by atoms with Crippen molar-refractivity contribution in [2.75, 3.05) is 38.2 Å². The molecule has 0 atom stereocenters. The minimum Gasteiger partial charge on any atom is -0.388 e. The van der Waals surface area contributed by atoms with Gasteiger partial charge in [0.15, 0.2) is 5.96 Å². The van der Waals surface area contributed by atoms with E-state index in [4.69, 9.17) is 0 Å². The highest BCUT2D eigenvalue weighted by atomic mass is 127. The van der Waals surface area contributed by atoms with Gasteiger partial charge in [0.2, 0.25) is 5.91 Å². The van der Waals surface area contributed by atoms with E-state index in [1.165, 1.54) is 0 Å². The monoisotopic (exact) mass is 510 g/mol. The van der Waals surface area contributed by atoms with Crippen LogP contribution in [0.1, 0.15) is 51.4 Å². The predicted octanol–water partition coefficient (Wildman–Crippen LogP) is 2.21. The molecule has 1 saturated heterocycles. The zero-order valence-electron chi connectivity index (χ0n) is 16.4. The highest BCUT2D eigenvalue weighted by Gasteiger charge is 2.32. The number of nitrogens with zero attached hydrogens (tertiary/aromatic N) is 2. The van der Waals surface area contributed by atoms with Gasteiger partial charge in [-0.25, -0.2) is 0 Å². The average Bonchev–Trinajstić information content (AvgIpc) is 3.12. The second-order valence-corrected chi connectivity index (χ2v) is 9.21. The van der Waals surface area contributed by atoms with Gasteiger partial charge < -0.3 is 20.6 Å². The first-order chi connectivity index (χ1) is 12.6. The molecule has 2 aliphatic carbocycles. The number of halogens is 1. The van der Waals surface area contributed by atoms with Gasteiger partial charge in [-0.3, -0.25) is 9.79 Å². The van der Waals surface area contributed by atoms with Crippen LogP contribution in [0.15, 0.2) is 4.99 Å². The highest BCUT2D eigenvalue weighted by Crippen LogP contribution is 2.29. The van der Waals surface area contributed by atoms with Crippen LogP contribution in [-0.2, 0) is 4.79 Å². The minimum absolute atomic E-state index is 0. The number of amides is 1. The quantitative estimate of drug-likeness (QED) is 0.307. The van der Waals surface area contributed by atoms with Gasteiger partial charge in [0, 0.05) is 50.1 Å². The van der Waals surface area contributed by atoms with Crippen LogP contribution in [0.4, 0.5) is 0 Å².